The molecule has 0 spiro atoms. The molecule has 0 aliphatic carbocycles. The van der Waals surface area contributed by atoms with Gasteiger partial charge in [0.25, 0.3) is 0 Å². The number of halogens is 2. The zero-order valence-corrected chi connectivity index (χ0v) is 18.1. The summed E-state index contributed by atoms with van der Waals surface area (Å²) in [6.45, 7) is 3.89. The van der Waals surface area contributed by atoms with Crippen molar-refractivity contribution in [2.75, 3.05) is 23.7 Å². The van der Waals surface area contributed by atoms with Gasteiger partial charge in [0.2, 0.25) is 0 Å². The molecule has 2 amide bonds. The van der Waals surface area contributed by atoms with Crippen LogP contribution in [0.2, 0.25) is 10.0 Å². The summed E-state index contributed by atoms with van der Waals surface area (Å²) >= 11 is 11.8. The highest BCUT2D eigenvalue weighted by molar-refractivity contribution is 6.31. The topological polar surface area (TPSA) is 106 Å². The van der Waals surface area contributed by atoms with Crippen LogP contribution in [0.1, 0.15) is 13.8 Å². The number of anilines is 2. The van der Waals surface area contributed by atoms with Crippen molar-refractivity contribution in [2.24, 2.45) is 5.84 Å². The summed E-state index contributed by atoms with van der Waals surface area (Å²) in [7, 11) is 0. The van der Waals surface area contributed by atoms with E-state index in [2.05, 4.69) is 10.6 Å². The normalized spacial score (nSPS) is 12.7. The van der Waals surface area contributed by atoms with E-state index in [-0.39, 0.29) is 13.1 Å². The first-order valence-electron chi connectivity index (χ1n) is 9.17. The van der Waals surface area contributed by atoms with E-state index in [1.54, 1.807) is 62.4 Å². The molecule has 2 rings (SSSR count). The Kier molecular flexibility index (Phi) is 9.19. The van der Waals surface area contributed by atoms with Gasteiger partial charge in [0.1, 0.15) is 12.2 Å². The fraction of sp³-hybridized carbons (Fsp3) is 0.300. The SMILES string of the molecule is CC(CN(N)CC(C)OC(=O)Nc1cccc(Cl)c1)OC(=O)Nc1cccc(Cl)c1. The molecular formula is C20H24Cl2N4O4. The van der Waals surface area contributed by atoms with Gasteiger partial charge in [0.15, 0.2) is 0 Å². The van der Waals surface area contributed by atoms with E-state index in [0.717, 1.165) is 0 Å². The quantitative estimate of drug-likeness (QED) is 0.392. The highest BCUT2D eigenvalue weighted by Crippen LogP contribution is 2.16. The maximum Gasteiger partial charge on any atom is 0.411 e. The lowest BCUT2D eigenvalue weighted by Gasteiger charge is -2.24. The largest absolute Gasteiger partial charge is 0.445 e. The number of hydrogen-bond acceptors (Lipinski definition) is 6. The molecule has 0 aromatic heterocycles. The summed E-state index contributed by atoms with van der Waals surface area (Å²) in [6.07, 6.45) is -2.24. The number of nitrogens with one attached hydrogen (secondary N) is 2. The summed E-state index contributed by atoms with van der Waals surface area (Å²) in [5, 5.41) is 7.59. The third kappa shape index (κ3) is 8.87. The summed E-state index contributed by atoms with van der Waals surface area (Å²) < 4.78 is 10.5. The first-order valence-corrected chi connectivity index (χ1v) is 9.93. The lowest BCUT2D eigenvalue weighted by molar-refractivity contribution is 0.0592. The molecule has 2 aromatic carbocycles. The minimum absolute atomic E-state index is 0.243. The Bertz CT molecular complexity index is 799. The van der Waals surface area contributed by atoms with E-state index in [9.17, 15) is 9.59 Å². The Morgan fingerprint density at radius 2 is 1.30 bits per heavy atom. The molecule has 0 bridgehead atoms. The van der Waals surface area contributed by atoms with Crippen molar-refractivity contribution in [1.82, 2.24) is 5.01 Å². The van der Waals surface area contributed by atoms with Crippen LogP contribution >= 0.6 is 23.2 Å². The van der Waals surface area contributed by atoms with Crippen molar-refractivity contribution in [1.29, 1.82) is 0 Å². The fourth-order valence-electron chi connectivity index (χ4n) is 2.60. The number of rotatable bonds is 8. The minimum atomic E-state index is -0.622. The van der Waals surface area contributed by atoms with Crippen molar-refractivity contribution >= 4 is 46.8 Å². The smallest absolute Gasteiger partial charge is 0.411 e. The van der Waals surface area contributed by atoms with E-state index in [1.165, 1.54) is 5.01 Å². The van der Waals surface area contributed by atoms with Gasteiger partial charge < -0.3 is 9.47 Å². The minimum Gasteiger partial charge on any atom is -0.445 e. The van der Waals surface area contributed by atoms with Gasteiger partial charge in [-0.25, -0.2) is 14.6 Å². The third-order valence-corrected chi connectivity index (χ3v) is 4.21. The average molecular weight is 455 g/mol. The molecule has 8 nitrogen and oxygen atoms in total. The Morgan fingerprint density at radius 1 is 0.900 bits per heavy atom. The van der Waals surface area contributed by atoms with Crippen LogP contribution in [0.15, 0.2) is 48.5 Å². The number of nitrogens with two attached hydrogens (primary N) is 1. The van der Waals surface area contributed by atoms with Crippen LogP contribution < -0.4 is 16.5 Å². The first-order chi connectivity index (χ1) is 14.2. The molecule has 2 aromatic rings. The zero-order valence-electron chi connectivity index (χ0n) is 16.6. The van der Waals surface area contributed by atoms with Crippen LogP contribution in [0, 0.1) is 0 Å². The molecule has 162 valence electrons. The van der Waals surface area contributed by atoms with Crippen molar-refractivity contribution in [3.8, 4) is 0 Å². The third-order valence-electron chi connectivity index (χ3n) is 3.74. The van der Waals surface area contributed by atoms with Crippen molar-refractivity contribution < 1.29 is 19.1 Å². The van der Waals surface area contributed by atoms with E-state index >= 15 is 0 Å². The van der Waals surface area contributed by atoms with E-state index in [0.29, 0.717) is 21.4 Å². The van der Waals surface area contributed by atoms with Crippen LogP contribution in [-0.4, -0.2) is 42.5 Å². The van der Waals surface area contributed by atoms with Gasteiger partial charge in [-0.3, -0.25) is 16.5 Å². The van der Waals surface area contributed by atoms with E-state index in [4.69, 9.17) is 38.5 Å². The van der Waals surface area contributed by atoms with Gasteiger partial charge in [0, 0.05) is 21.4 Å². The maximum atomic E-state index is 12.0. The second kappa shape index (κ2) is 11.6. The van der Waals surface area contributed by atoms with Crippen molar-refractivity contribution in [2.45, 2.75) is 26.1 Å². The summed E-state index contributed by atoms with van der Waals surface area (Å²) in [4.78, 5) is 23.9. The Hall–Kier alpha value is -2.52. The van der Waals surface area contributed by atoms with Gasteiger partial charge in [-0.2, -0.15) is 0 Å². The predicted octanol–water partition coefficient (Wildman–Crippen LogP) is 4.74. The second-order valence-electron chi connectivity index (χ2n) is 6.66. The molecule has 0 saturated heterocycles. The highest BCUT2D eigenvalue weighted by Gasteiger charge is 2.17. The average Bonchev–Trinajstić information content (AvgIpc) is 2.60. The molecule has 0 fully saturated rings. The van der Waals surface area contributed by atoms with Gasteiger partial charge in [-0.05, 0) is 50.2 Å². The molecule has 0 aliphatic rings. The molecule has 0 saturated carbocycles. The van der Waals surface area contributed by atoms with Gasteiger partial charge in [-0.15, -0.1) is 0 Å². The van der Waals surface area contributed by atoms with Crippen molar-refractivity contribution in [3.63, 3.8) is 0 Å². The molecule has 0 aliphatic heterocycles. The summed E-state index contributed by atoms with van der Waals surface area (Å²) in [6, 6.07) is 13.4. The van der Waals surface area contributed by atoms with Gasteiger partial charge in [-0.1, -0.05) is 35.3 Å². The van der Waals surface area contributed by atoms with Gasteiger partial charge in [0.05, 0.1) is 13.1 Å². The first kappa shape index (κ1) is 23.8. The monoisotopic (exact) mass is 454 g/mol. The lowest BCUT2D eigenvalue weighted by Crippen LogP contribution is -2.44. The number of carbonyl (C=O) groups excluding carboxylic acids is 2. The van der Waals surface area contributed by atoms with Crippen molar-refractivity contribution in [3.05, 3.63) is 58.6 Å². The Morgan fingerprint density at radius 3 is 1.67 bits per heavy atom. The Balaban J connectivity index is 1.71. The molecule has 4 N–H and O–H groups in total. The number of nitrogens with zero attached hydrogens (tertiary/aromatic N) is 1. The Labute approximate surface area is 185 Å². The van der Waals surface area contributed by atoms with Crippen LogP contribution in [0.3, 0.4) is 0 Å². The lowest BCUT2D eigenvalue weighted by atomic mass is 10.3. The second-order valence-corrected chi connectivity index (χ2v) is 7.53. The zero-order chi connectivity index (χ0) is 22.1. The molecule has 2 atom stereocenters. The fourth-order valence-corrected chi connectivity index (χ4v) is 2.98. The van der Waals surface area contributed by atoms with E-state index in [1.807, 2.05) is 0 Å². The maximum absolute atomic E-state index is 12.0. The summed E-state index contributed by atoms with van der Waals surface area (Å²) in [5.74, 6) is 5.95. The molecule has 2 unspecified atom stereocenters. The summed E-state index contributed by atoms with van der Waals surface area (Å²) in [5.41, 5.74) is 1.05. The standard InChI is InChI=1S/C20H24Cl2N4O4/c1-13(29-19(27)24-17-7-3-5-15(21)9-17)11-26(23)12-14(2)30-20(28)25-18-8-4-6-16(22)10-18/h3-10,13-14H,11-12,23H2,1-2H3,(H,24,27)(H,25,28). The number of ether oxygens (including phenoxy) is 2. The van der Waals surface area contributed by atoms with Crippen LogP contribution in [-0.2, 0) is 9.47 Å². The molecule has 10 heteroatoms. The number of hydrazine groups is 1. The molecule has 0 radical (unpaired) electrons. The highest BCUT2D eigenvalue weighted by atomic mass is 35.5. The number of benzene rings is 2. The van der Waals surface area contributed by atoms with Crippen LogP contribution in [0.25, 0.3) is 0 Å². The number of amides is 2. The molecular weight excluding hydrogens is 431 g/mol. The number of carbonyl (C=O) groups is 2. The molecule has 0 heterocycles. The number of hydrogen-bond donors (Lipinski definition) is 3. The predicted molar refractivity (Wildman–Crippen MR) is 118 cm³/mol. The van der Waals surface area contributed by atoms with E-state index < -0.39 is 24.4 Å². The van der Waals surface area contributed by atoms with Crippen LogP contribution in [0.4, 0.5) is 21.0 Å². The van der Waals surface area contributed by atoms with Gasteiger partial charge >= 0.3 is 12.2 Å². The molecule has 30 heavy (non-hydrogen) atoms. The van der Waals surface area contributed by atoms with Crippen LogP contribution in [0.5, 0.6) is 0 Å².